The highest BCUT2D eigenvalue weighted by Crippen LogP contribution is 2.28. The normalized spacial score (nSPS) is 33.7. The molecule has 0 spiro atoms. The van der Waals surface area contributed by atoms with Crippen molar-refractivity contribution in [2.75, 3.05) is 6.61 Å². The van der Waals surface area contributed by atoms with Gasteiger partial charge in [-0.3, -0.25) is 10.1 Å². The van der Waals surface area contributed by atoms with Crippen LogP contribution in [0.1, 0.15) is 47.5 Å². The highest BCUT2D eigenvalue weighted by molar-refractivity contribution is 5.85. The average Bonchev–Trinajstić information content (AvgIpc) is 2.94. The summed E-state index contributed by atoms with van der Waals surface area (Å²) in [5.74, 6) is 0.990. The van der Waals surface area contributed by atoms with E-state index in [0.29, 0.717) is 11.8 Å². The van der Waals surface area contributed by atoms with Gasteiger partial charge in [0, 0.05) is 6.61 Å². The maximum absolute atomic E-state index is 12.7. The molecule has 0 saturated carbocycles. The summed E-state index contributed by atoms with van der Waals surface area (Å²) in [6.45, 7) is 11.5. The van der Waals surface area contributed by atoms with Crippen LogP contribution in [0.15, 0.2) is 0 Å². The van der Waals surface area contributed by atoms with Crippen molar-refractivity contribution >= 4 is 5.91 Å². The van der Waals surface area contributed by atoms with Gasteiger partial charge in [-0.25, -0.2) is 0 Å². The van der Waals surface area contributed by atoms with E-state index in [1.807, 2.05) is 4.90 Å². The van der Waals surface area contributed by atoms with Crippen molar-refractivity contribution in [3.63, 3.8) is 0 Å². The molecule has 19 heavy (non-hydrogen) atoms. The van der Waals surface area contributed by atoms with Crippen LogP contribution in [0, 0.1) is 11.8 Å². The number of rotatable bonds is 4. The smallest absolute Gasteiger partial charge is 0.241 e. The second-order valence-electron chi connectivity index (χ2n) is 6.61. The number of nitrogens with one attached hydrogen (secondary N) is 1. The summed E-state index contributed by atoms with van der Waals surface area (Å²) in [5, 5.41) is 3.51. The van der Waals surface area contributed by atoms with E-state index in [-0.39, 0.29) is 30.3 Å². The third-order valence-corrected chi connectivity index (χ3v) is 4.41. The molecule has 0 bridgehead atoms. The zero-order chi connectivity index (χ0) is 14.2. The molecule has 0 radical (unpaired) electrons. The minimum absolute atomic E-state index is 0.0451. The Bertz CT molecular complexity index is 324. The second kappa shape index (κ2) is 5.80. The fourth-order valence-electron chi connectivity index (χ4n) is 3.24. The Labute approximate surface area is 116 Å². The van der Waals surface area contributed by atoms with Crippen molar-refractivity contribution in [3.8, 4) is 0 Å². The Hall–Kier alpha value is -0.610. The van der Waals surface area contributed by atoms with Crippen LogP contribution in [0.25, 0.3) is 0 Å². The lowest BCUT2D eigenvalue weighted by Gasteiger charge is -2.35. The van der Waals surface area contributed by atoms with Crippen molar-refractivity contribution in [3.05, 3.63) is 0 Å². The minimum Gasteiger partial charge on any atom is -0.376 e. The maximum atomic E-state index is 12.7. The standard InChI is InChI=1S/C15H28N2O2/c1-9(2)13-15(18)17(14(16-13)10(3)4)11(5)12-7-6-8-19-12/h9-14,16H,6-8H2,1-5H3. The quantitative estimate of drug-likeness (QED) is 0.848. The van der Waals surface area contributed by atoms with E-state index in [9.17, 15) is 4.79 Å². The Morgan fingerprint density at radius 1 is 1.21 bits per heavy atom. The average molecular weight is 268 g/mol. The minimum atomic E-state index is -0.0451. The Kier molecular flexibility index (Phi) is 4.51. The molecule has 4 unspecified atom stereocenters. The molecule has 0 aromatic carbocycles. The van der Waals surface area contributed by atoms with E-state index in [1.165, 1.54) is 0 Å². The first-order chi connectivity index (χ1) is 8.93. The lowest BCUT2D eigenvalue weighted by molar-refractivity contribution is -0.136. The fraction of sp³-hybridized carbons (Fsp3) is 0.933. The van der Waals surface area contributed by atoms with Gasteiger partial charge in [0.1, 0.15) is 0 Å². The predicted octanol–water partition coefficient (Wildman–Crippen LogP) is 1.99. The van der Waals surface area contributed by atoms with E-state index in [4.69, 9.17) is 4.74 Å². The molecule has 2 aliphatic heterocycles. The molecule has 0 aliphatic carbocycles. The largest absolute Gasteiger partial charge is 0.376 e. The molecule has 2 saturated heterocycles. The van der Waals surface area contributed by atoms with Gasteiger partial charge in [-0.15, -0.1) is 0 Å². The summed E-state index contributed by atoms with van der Waals surface area (Å²) in [6.07, 6.45) is 2.53. The van der Waals surface area contributed by atoms with Gasteiger partial charge in [0.05, 0.1) is 24.4 Å². The van der Waals surface area contributed by atoms with Crippen LogP contribution in [0.4, 0.5) is 0 Å². The Balaban J connectivity index is 2.16. The Morgan fingerprint density at radius 2 is 1.89 bits per heavy atom. The highest BCUT2D eigenvalue weighted by Gasteiger charge is 2.45. The molecule has 2 rings (SSSR count). The molecule has 0 aromatic rings. The van der Waals surface area contributed by atoms with E-state index in [0.717, 1.165) is 19.4 Å². The molecule has 4 nitrogen and oxygen atoms in total. The molecule has 0 aromatic heterocycles. The van der Waals surface area contributed by atoms with Crippen molar-refractivity contribution in [1.82, 2.24) is 10.2 Å². The van der Waals surface area contributed by atoms with Crippen LogP contribution >= 0.6 is 0 Å². The SMILES string of the molecule is CC(C)C1NC(C(C)C)N(C(C)C2CCCO2)C1=O. The molecule has 4 heteroatoms. The lowest BCUT2D eigenvalue weighted by Crippen LogP contribution is -2.50. The molecule has 110 valence electrons. The molecule has 1 amide bonds. The van der Waals surface area contributed by atoms with Crippen LogP contribution in [-0.4, -0.2) is 41.8 Å². The van der Waals surface area contributed by atoms with Gasteiger partial charge in [0.2, 0.25) is 5.91 Å². The van der Waals surface area contributed by atoms with Crippen LogP contribution in [0.3, 0.4) is 0 Å². The van der Waals surface area contributed by atoms with Crippen molar-refractivity contribution in [1.29, 1.82) is 0 Å². The number of amides is 1. The van der Waals surface area contributed by atoms with Crippen molar-refractivity contribution in [2.45, 2.75) is 71.8 Å². The van der Waals surface area contributed by atoms with Gasteiger partial charge in [-0.1, -0.05) is 27.7 Å². The molecule has 2 fully saturated rings. The number of hydrogen-bond acceptors (Lipinski definition) is 3. The summed E-state index contributed by atoms with van der Waals surface area (Å²) in [4.78, 5) is 14.7. The van der Waals surface area contributed by atoms with Gasteiger partial charge >= 0.3 is 0 Å². The van der Waals surface area contributed by atoms with E-state index in [2.05, 4.69) is 39.9 Å². The second-order valence-corrected chi connectivity index (χ2v) is 6.61. The topological polar surface area (TPSA) is 41.6 Å². The maximum Gasteiger partial charge on any atom is 0.241 e. The third-order valence-electron chi connectivity index (χ3n) is 4.41. The summed E-state index contributed by atoms with van der Waals surface area (Å²) in [6, 6.07) is 0.120. The fourth-order valence-corrected chi connectivity index (χ4v) is 3.24. The molecule has 4 atom stereocenters. The molecule has 2 heterocycles. The predicted molar refractivity (Wildman–Crippen MR) is 75.7 cm³/mol. The van der Waals surface area contributed by atoms with Crippen LogP contribution in [0.5, 0.6) is 0 Å². The first kappa shape index (κ1) is 14.8. The number of hydrogen-bond donors (Lipinski definition) is 1. The lowest BCUT2D eigenvalue weighted by atomic mass is 10.0. The highest BCUT2D eigenvalue weighted by atomic mass is 16.5. The first-order valence-electron chi connectivity index (χ1n) is 7.63. The van der Waals surface area contributed by atoms with Crippen molar-refractivity contribution in [2.24, 2.45) is 11.8 Å². The molecular formula is C15H28N2O2. The van der Waals surface area contributed by atoms with Gasteiger partial charge in [-0.2, -0.15) is 0 Å². The molecular weight excluding hydrogens is 240 g/mol. The number of carbonyl (C=O) groups is 1. The van der Waals surface area contributed by atoms with E-state index >= 15 is 0 Å². The van der Waals surface area contributed by atoms with Crippen LogP contribution in [0.2, 0.25) is 0 Å². The van der Waals surface area contributed by atoms with E-state index < -0.39 is 0 Å². The first-order valence-corrected chi connectivity index (χ1v) is 7.63. The molecule has 1 N–H and O–H groups in total. The Morgan fingerprint density at radius 3 is 2.37 bits per heavy atom. The number of carbonyl (C=O) groups excluding carboxylic acids is 1. The van der Waals surface area contributed by atoms with Crippen molar-refractivity contribution < 1.29 is 9.53 Å². The molecule has 2 aliphatic rings. The van der Waals surface area contributed by atoms with Gasteiger partial charge in [0.25, 0.3) is 0 Å². The summed E-state index contributed by atoms with van der Waals surface area (Å²) in [7, 11) is 0. The zero-order valence-electron chi connectivity index (χ0n) is 12.8. The zero-order valence-corrected chi connectivity index (χ0v) is 12.8. The number of ether oxygens (including phenoxy) is 1. The van der Waals surface area contributed by atoms with Crippen LogP contribution < -0.4 is 5.32 Å². The summed E-state index contributed by atoms with van der Waals surface area (Å²) < 4.78 is 5.78. The van der Waals surface area contributed by atoms with Crippen LogP contribution in [-0.2, 0) is 9.53 Å². The number of nitrogens with zero attached hydrogens (tertiary/aromatic N) is 1. The monoisotopic (exact) mass is 268 g/mol. The van der Waals surface area contributed by atoms with Gasteiger partial charge < -0.3 is 9.64 Å². The summed E-state index contributed by atoms with van der Waals surface area (Å²) >= 11 is 0. The van der Waals surface area contributed by atoms with Gasteiger partial charge in [0.15, 0.2) is 0 Å². The van der Waals surface area contributed by atoms with Gasteiger partial charge in [-0.05, 0) is 31.6 Å². The van der Waals surface area contributed by atoms with E-state index in [1.54, 1.807) is 0 Å². The third kappa shape index (κ3) is 2.79. The summed E-state index contributed by atoms with van der Waals surface area (Å²) in [5.41, 5.74) is 0.